The molecule has 0 radical (unpaired) electrons. The van der Waals surface area contributed by atoms with Gasteiger partial charge in [0.1, 0.15) is 5.82 Å². The molecular weight excluding hydrogens is 404 g/mol. The molecule has 3 fully saturated rings. The van der Waals surface area contributed by atoms with Crippen molar-refractivity contribution in [2.45, 2.75) is 83.4 Å². The maximum absolute atomic E-state index is 12.2. The summed E-state index contributed by atoms with van der Waals surface area (Å²) in [5.74, 6) is 1.81. The third-order valence-corrected chi connectivity index (χ3v) is 6.93. The van der Waals surface area contributed by atoms with Gasteiger partial charge in [-0.05, 0) is 65.0 Å². The molecule has 8 heteroatoms. The highest BCUT2D eigenvalue weighted by Gasteiger charge is 2.31. The molecule has 0 bridgehead atoms. The Bertz CT molecular complexity index is 729. The van der Waals surface area contributed by atoms with Crippen LogP contribution in [0.5, 0.6) is 0 Å². The van der Waals surface area contributed by atoms with Crippen LogP contribution in [0.2, 0.25) is 0 Å². The van der Waals surface area contributed by atoms with E-state index in [9.17, 15) is 4.79 Å². The average Bonchev–Trinajstić information content (AvgIpc) is 3.09. The number of ether oxygens (including phenoxy) is 1. The molecule has 4 rings (SSSR count). The van der Waals surface area contributed by atoms with Crippen LogP contribution in [0.25, 0.3) is 0 Å². The van der Waals surface area contributed by atoms with Crippen LogP contribution in [0.1, 0.15) is 65.2 Å². The van der Waals surface area contributed by atoms with Crippen molar-refractivity contribution in [1.82, 2.24) is 19.8 Å². The van der Waals surface area contributed by atoms with Crippen LogP contribution in [0.15, 0.2) is 12.3 Å². The highest BCUT2D eigenvalue weighted by atomic mass is 16.6. The van der Waals surface area contributed by atoms with E-state index >= 15 is 0 Å². The lowest BCUT2D eigenvalue weighted by Crippen LogP contribution is -2.52. The highest BCUT2D eigenvalue weighted by Crippen LogP contribution is 2.24. The first-order chi connectivity index (χ1) is 15.6. The number of aromatic nitrogens is 2. The fourth-order valence-corrected chi connectivity index (χ4v) is 5.22. The van der Waals surface area contributed by atoms with Crippen molar-refractivity contribution in [3.8, 4) is 0 Å². The number of nitrogens with zero attached hydrogens (tertiary/aromatic N) is 5. The topological polar surface area (TPSA) is 73.8 Å². The Kier molecular flexibility index (Phi) is 8.05. The van der Waals surface area contributed by atoms with Crippen molar-refractivity contribution >= 4 is 17.9 Å². The SMILES string of the molecule is CC(C)OC(=O)N1CCC(N2CCCC(Nc3nccc(N4CCCCCC4)n3)C2)CC1. The minimum Gasteiger partial charge on any atom is -0.447 e. The van der Waals surface area contributed by atoms with Gasteiger partial charge in [-0.1, -0.05) is 12.8 Å². The van der Waals surface area contributed by atoms with Crippen molar-refractivity contribution in [2.75, 3.05) is 49.5 Å². The monoisotopic (exact) mass is 444 g/mol. The van der Waals surface area contributed by atoms with Crippen LogP contribution >= 0.6 is 0 Å². The van der Waals surface area contributed by atoms with Gasteiger partial charge in [0.15, 0.2) is 0 Å². The number of hydrogen-bond donors (Lipinski definition) is 1. The molecule has 1 aromatic heterocycles. The summed E-state index contributed by atoms with van der Waals surface area (Å²) in [5.41, 5.74) is 0. The summed E-state index contributed by atoms with van der Waals surface area (Å²) in [6.45, 7) is 9.70. The van der Waals surface area contributed by atoms with Crippen molar-refractivity contribution in [3.63, 3.8) is 0 Å². The Balaban J connectivity index is 1.28. The van der Waals surface area contributed by atoms with E-state index in [1.165, 1.54) is 32.1 Å². The summed E-state index contributed by atoms with van der Waals surface area (Å²) < 4.78 is 5.36. The van der Waals surface area contributed by atoms with Crippen LogP contribution in [0.4, 0.5) is 16.6 Å². The van der Waals surface area contributed by atoms with Gasteiger partial charge in [0.25, 0.3) is 0 Å². The maximum Gasteiger partial charge on any atom is 0.410 e. The number of carbonyl (C=O) groups is 1. The molecule has 3 aliphatic heterocycles. The molecule has 0 aliphatic carbocycles. The Morgan fingerprint density at radius 1 is 1.03 bits per heavy atom. The molecule has 1 atom stereocenters. The summed E-state index contributed by atoms with van der Waals surface area (Å²) in [6, 6.07) is 2.95. The van der Waals surface area contributed by atoms with E-state index in [0.717, 1.165) is 70.3 Å². The van der Waals surface area contributed by atoms with E-state index in [2.05, 4.69) is 20.1 Å². The van der Waals surface area contributed by atoms with Gasteiger partial charge in [0.05, 0.1) is 6.10 Å². The van der Waals surface area contributed by atoms with E-state index in [0.29, 0.717) is 12.1 Å². The second-order valence-corrected chi connectivity index (χ2v) is 9.77. The first-order valence-electron chi connectivity index (χ1n) is 12.6. The van der Waals surface area contributed by atoms with E-state index in [-0.39, 0.29) is 12.2 Å². The molecule has 3 aliphatic rings. The largest absolute Gasteiger partial charge is 0.447 e. The number of carbonyl (C=O) groups excluding carboxylic acids is 1. The molecule has 1 aromatic rings. The van der Waals surface area contributed by atoms with Gasteiger partial charge in [0, 0.05) is 51.0 Å². The Labute approximate surface area is 192 Å². The predicted octanol–water partition coefficient (Wildman–Crippen LogP) is 3.74. The molecule has 32 heavy (non-hydrogen) atoms. The van der Waals surface area contributed by atoms with Crippen LogP contribution < -0.4 is 10.2 Å². The Hall–Kier alpha value is -2.09. The zero-order chi connectivity index (χ0) is 22.3. The zero-order valence-electron chi connectivity index (χ0n) is 19.8. The van der Waals surface area contributed by atoms with E-state index in [4.69, 9.17) is 9.72 Å². The van der Waals surface area contributed by atoms with Gasteiger partial charge in [-0.3, -0.25) is 4.90 Å². The lowest BCUT2D eigenvalue weighted by Gasteiger charge is -2.42. The van der Waals surface area contributed by atoms with Gasteiger partial charge in [-0.25, -0.2) is 9.78 Å². The molecule has 178 valence electrons. The molecule has 1 unspecified atom stereocenters. The van der Waals surface area contributed by atoms with Crippen molar-refractivity contribution in [2.24, 2.45) is 0 Å². The fourth-order valence-electron chi connectivity index (χ4n) is 5.22. The molecule has 1 amide bonds. The predicted molar refractivity (Wildman–Crippen MR) is 127 cm³/mol. The number of piperidine rings is 2. The van der Waals surface area contributed by atoms with E-state index in [1.807, 2.05) is 31.0 Å². The summed E-state index contributed by atoms with van der Waals surface area (Å²) >= 11 is 0. The van der Waals surface area contributed by atoms with Crippen LogP contribution in [0, 0.1) is 0 Å². The summed E-state index contributed by atoms with van der Waals surface area (Å²) in [5, 5.41) is 3.62. The first kappa shape index (κ1) is 23.1. The van der Waals surface area contributed by atoms with E-state index < -0.39 is 0 Å². The quantitative estimate of drug-likeness (QED) is 0.741. The normalized spacial score (nSPS) is 23.8. The standard InChI is InChI=1S/C24H40N6O2/c1-19(2)32-24(31)29-16-10-21(11-17-29)30-15-7-8-20(18-30)26-23-25-12-9-22(27-23)28-13-5-3-4-6-14-28/h9,12,19-21H,3-8,10-11,13-18H2,1-2H3,(H,25,26,27). The smallest absolute Gasteiger partial charge is 0.410 e. The van der Waals surface area contributed by atoms with Crippen LogP contribution in [0.3, 0.4) is 0 Å². The fraction of sp³-hybridized carbons (Fsp3) is 0.792. The second-order valence-electron chi connectivity index (χ2n) is 9.77. The number of amides is 1. The Morgan fingerprint density at radius 2 is 1.78 bits per heavy atom. The molecule has 0 spiro atoms. The average molecular weight is 445 g/mol. The minimum absolute atomic E-state index is 0.0609. The summed E-state index contributed by atoms with van der Waals surface area (Å²) in [4.78, 5) is 28.4. The van der Waals surface area contributed by atoms with Gasteiger partial charge >= 0.3 is 6.09 Å². The maximum atomic E-state index is 12.2. The van der Waals surface area contributed by atoms with Gasteiger partial charge in [-0.15, -0.1) is 0 Å². The van der Waals surface area contributed by atoms with Crippen LogP contribution in [-0.4, -0.2) is 83.3 Å². The van der Waals surface area contributed by atoms with Gasteiger partial charge in [0.2, 0.25) is 5.95 Å². The number of nitrogens with one attached hydrogen (secondary N) is 1. The lowest BCUT2D eigenvalue weighted by atomic mass is 9.98. The Morgan fingerprint density at radius 3 is 2.50 bits per heavy atom. The summed E-state index contributed by atoms with van der Waals surface area (Å²) in [6.07, 6.45) is 11.2. The highest BCUT2D eigenvalue weighted by molar-refractivity contribution is 5.67. The molecule has 4 heterocycles. The number of rotatable bonds is 5. The molecular formula is C24H40N6O2. The first-order valence-corrected chi connectivity index (χ1v) is 12.6. The number of anilines is 2. The van der Waals surface area contributed by atoms with Crippen molar-refractivity contribution < 1.29 is 9.53 Å². The second kappa shape index (κ2) is 11.2. The van der Waals surface area contributed by atoms with E-state index in [1.54, 1.807) is 0 Å². The minimum atomic E-state index is -0.168. The summed E-state index contributed by atoms with van der Waals surface area (Å²) in [7, 11) is 0. The third kappa shape index (κ3) is 6.24. The third-order valence-electron chi connectivity index (χ3n) is 6.93. The zero-order valence-corrected chi connectivity index (χ0v) is 19.8. The molecule has 1 N–H and O–H groups in total. The number of hydrogen-bond acceptors (Lipinski definition) is 7. The van der Waals surface area contributed by atoms with Crippen LogP contribution in [-0.2, 0) is 4.74 Å². The molecule has 8 nitrogen and oxygen atoms in total. The molecule has 0 saturated carbocycles. The van der Waals surface area contributed by atoms with Gasteiger partial charge < -0.3 is 19.9 Å². The van der Waals surface area contributed by atoms with Crippen molar-refractivity contribution in [3.05, 3.63) is 12.3 Å². The molecule has 0 aromatic carbocycles. The number of likely N-dealkylation sites (tertiary alicyclic amines) is 2. The molecule has 3 saturated heterocycles. The lowest BCUT2D eigenvalue weighted by molar-refractivity contribution is 0.0502. The van der Waals surface area contributed by atoms with Gasteiger partial charge in [-0.2, -0.15) is 4.98 Å². The van der Waals surface area contributed by atoms with Crippen molar-refractivity contribution in [1.29, 1.82) is 0 Å².